The number of pyridine rings is 2. The van der Waals surface area contributed by atoms with E-state index in [-0.39, 0.29) is 5.02 Å². The number of hydrogen-bond donors (Lipinski definition) is 1. The molecule has 2 atom stereocenters. The van der Waals surface area contributed by atoms with Crippen molar-refractivity contribution in [2.75, 3.05) is 0 Å². The molecular weight excluding hydrogens is 407 g/mol. The third-order valence-corrected chi connectivity index (χ3v) is 5.47. The van der Waals surface area contributed by atoms with Gasteiger partial charge >= 0.3 is 0 Å². The minimum atomic E-state index is -1.09. The Morgan fingerprint density at radius 2 is 1.90 bits per heavy atom. The second kappa shape index (κ2) is 8.20. The van der Waals surface area contributed by atoms with E-state index in [9.17, 15) is 14.0 Å². The predicted molar refractivity (Wildman–Crippen MR) is 109 cm³/mol. The highest BCUT2D eigenvalue weighted by Gasteiger charge is 2.40. The number of carbonyl (C=O) groups excluding carboxylic acids is 2. The number of rotatable bonds is 5. The summed E-state index contributed by atoms with van der Waals surface area (Å²) in [7, 11) is 0. The number of fused-ring (bicyclic) bond motifs is 1. The molecule has 0 aliphatic heterocycles. The van der Waals surface area contributed by atoms with Crippen molar-refractivity contribution in [2.45, 2.75) is 24.9 Å². The Morgan fingerprint density at radius 3 is 2.53 bits per heavy atom. The lowest BCUT2D eigenvalue weighted by atomic mass is 9.99. The maximum absolute atomic E-state index is 14.5. The minimum absolute atomic E-state index is 0.226. The Balaban J connectivity index is 1.88. The number of hydrogen-bond acceptors (Lipinski definition) is 4. The van der Waals surface area contributed by atoms with Gasteiger partial charge < -0.3 is 10.6 Å². The second-order valence-electron chi connectivity index (χ2n) is 7.06. The average Bonchev–Trinajstić information content (AvgIpc) is 3.16. The molecule has 30 heavy (non-hydrogen) atoms. The largest absolute Gasteiger partial charge is 0.368 e. The zero-order chi connectivity index (χ0) is 21.3. The first-order valence-corrected chi connectivity index (χ1v) is 9.75. The van der Waals surface area contributed by atoms with E-state index in [4.69, 9.17) is 17.3 Å². The van der Waals surface area contributed by atoms with Crippen LogP contribution >= 0.6 is 11.6 Å². The Morgan fingerprint density at radius 1 is 1.17 bits per heavy atom. The van der Waals surface area contributed by atoms with Crippen LogP contribution in [0.25, 0.3) is 0 Å². The van der Waals surface area contributed by atoms with Gasteiger partial charge in [-0.1, -0.05) is 17.7 Å². The molecule has 8 heteroatoms. The molecule has 2 amide bonds. The SMILES string of the molecule is NC(=O)[C@@H](c1cccnc1)N(C(=O)c1cccnc1)[C@@H]1CCc2c(F)cc(Cl)cc21. The highest BCUT2D eigenvalue weighted by Crippen LogP contribution is 2.43. The van der Waals surface area contributed by atoms with Crippen molar-refractivity contribution in [1.29, 1.82) is 0 Å². The zero-order valence-electron chi connectivity index (χ0n) is 15.8. The molecule has 0 fully saturated rings. The van der Waals surface area contributed by atoms with Crippen LogP contribution in [0.5, 0.6) is 0 Å². The number of nitrogens with zero attached hydrogens (tertiary/aromatic N) is 3. The topological polar surface area (TPSA) is 89.2 Å². The number of carbonyl (C=O) groups is 2. The highest BCUT2D eigenvalue weighted by atomic mass is 35.5. The lowest BCUT2D eigenvalue weighted by molar-refractivity contribution is -0.123. The van der Waals surface area contributed by atoms with E-state index in [0.29, 0.717) is 35.1 Å². The Labute approximate surface area is 177 Å². The Kier molecular flexibility index (Phi) is 5.46. The van der Waals surface area contributed by atoms with Gasteiger partial charge in [-0.3, -0.25) is 19.6 Å². The number of benzene rings is 1. The van der Waals surface area contributed by atoms with E-state index in [1.54, 1.807) is 42.7 Å². The molecule has 0 unspecified atom stereocenters. The molecule has 4 rings (SSSR count). The fourth-order valence-electron chi connectivity index (χ4n) is 3.99. The molecule has 2 aromatic heterocycles. The van der Waals surface area contributed by atoms with Crippen LogP contribution in [0, 0.1) is 5.82 Å². The van der Waals surface area contributed by atoms with Crippen molar-refractivity contribution in [2.24, 2.45) is 5.73 Å². The number of nitrogens with two attached hydrogens (primary N) is 1. The van der Waals surface area contributed by atoms with Gasteiger partial charge in [0.05, 0.1) is 11.6 Å². The first kappa shape index (κ1) is 20.0. The van der Waals surface area contributed by atoms with Crippen molar-refractivity contribution in [3.63, 3.8) is 0 Å². The van der Waals surface area contributed by atoms with Crippen LogP contribution in [0.4, 0.5) is 4.39 Å². The molecule has 3 aromatic rings. The normalized spacial score (nSPS) is 16.0. The molecule has 0 saturated heterocycles. The van der Waals surface area contributed by atoms with E-state index >= 15 is 0 Å². The lowest BCUT2D eigenvalue weighted by Gasteiger charge is -2.35. The quantitative estimate of drug-likeness (QED) is 0.677. The second-order valence-corrected chi connectivity index (χ2v) is 7.49. The number of halogens is 2. The monoisotopic (exact) mass is 424 g/mol. The molecule has 152 valence electrons. The summed E-state index contributed by atoms with van der Waals surface area (Å²) in [4.78, 5) is 35.6. The number of amides is 2. The van der Waals surface area contributed by atoms with Crippen molar-refractivity contribution >= 4 is 23.4 Å². The van der Waals surface area contributed by atoms with Gasteiger partial charge in [0.2, 0.25) is 5.91 Å². The van der Waals surface area contributed by atoms with Crippen LogP contribution in [-0.2, 0) is 11.2 Å². The van der Waals surface area contributed by atoms with Crippen molar-refractivity contribution in [1.82, 2.24) is 14.9 Å². The van der Waals surface area contributed by atoms with Crippen molar-refractivity contribution < 1.29 is 14.0 Å². The summed E-state index contributed by atoms with van der Waals surface area (Å²) in [6, 6.07) is 7.80. The Bertz CT molecular complexity index is 1100. The molecule has 1 aliphatic rings. The summed E-state index contributed by atoms with van der Waals surface area (Å²) in [6.45, 7) is 0. The van der Waals surface area contributed by atoms with E-state index in [1.165, 1.54) is 23.4 Å². The van der Waals surface area contributed by atoms with Crippen LogP contribution in [-0.4, -0.2) is 26.7 Å². The first-order chi connectivity index (χ1) is 14.5. The maximum Gasteiger partial charge on any atom is 0.256 e. The average molecular weight is 425 g/mol. The van der Waals surface area contributed by atoms with Crippen LogP contribution in [0.3, 0.4) is 0 Å². The maximum atomic E-state index is 14.5. The zero-order valence-corrected chi connectivity index (χ0v) is 16.6. The van der Waals surface area contributed by atoms with Crippen LogP contribution < -0.4 is 5.73 Å². The van der Waals surface area contributed by atoms with Crippen LogP contribution in [0.2, 0.25) is 5.02 Å². The van der Waals surface area contributed by atoms with Gasteiger partial charge in [-0.15, -0.1) is 0 Å². The molecule has 0 saturated carbocycles. The molecule has 1 aliphatic carbocycles. The molecule has 0 spiro atoms. The summed E-state index contributed by atoms with van der Waals surface area (Å²) in [6.07, 6.45) is 6.88. The van der Waals surface area contributed by atoms with Gasteiger partial charge in [-0.05, 0) is 54.3 Å². The summed E-state index contributed by atoms with van der Waals surface area (Å²) < 4.78 is 14.5. The predicted octanol–water partition coefficient (Wildman–Crippen LogP) is 3.63. The molecule has 6 nitrogen and oxygen atoms in total. The molecule has 2 heterocycles. The van der Waals surface area contributed by atoms with Gasteiger partial charge in [0.15, 0.2) is 0 Å². The number of aromatic nitrogens is 2. The summed E-state index contributed by atoms with van der Waals surface area (Å²) in [5.74, 6) is -1.57. The van der Waals surface area contributed by atoms with E-state index in [2.05, 4.69) is 9.97 Å². The van der Waals surface area contributed by atoms with Gasteiger partial charge in [-0.2, -0.15) is 0 Å². The third kappa shape index (κ3) is 3.64. The van der Waals surface area contributed by atoms with Crippen LogP contribution in [0.1, 0.15) is 45.6 Å². The van der Waals surface area contributed by atoms with Gasteiger partial charge in [0.25, 0.3) is 5.91 Å². The van der Waals surface area contributed by atoms with E-state index in [1.807, 2.05) is 0 Å². The first-order valence-electron chi connectivity index (χ1n) is 9.37. The standard InChI is InChI=1S/C22H18ClFN4O2/c23-15-9-17-16(18(24)10-15)5-6-19(17)28(22(30)14-4-2-8-27-12-14)20(21(25)29)13-3-1-7-26-11-13/h1-4,7-12,19-20H,5-6H2,(H2,25,29)/t19-,20-/m1/s1. The summed E-state index contributed by atoms with van der Waals surface area (Å²) in [5.41, 5.74) is 7.59. The van der Waals surface area contributed by atoms with Crippen molar-refractivity contribution in [3.05, 3.63) is 94.3 Å². The summed E-state index contributed by atoms with van der Waals surface area (Å²) in [5, 5.41) is 0.226. The minimum Gasteiger partial charge on any atom is -0.368 e. The van der Waals surface area contributed by atoms with Crippen LogP contribution in [0.15, 0.2) is 61.2 Å². The third-order valence-electron chi connectivity index (χ3n) is 5.25. The molecule has 2 N–H and O–H groups in total. The smallest absolute Gasteiger partial charge is 0.256 e. The highest BCUT2D eigenvalue weighted by molar-refractivity contribution is 6.30. The lowest BCUT2D eigenvalue weighted by Crippen LogP contribution is -2.43. The Hall–Kier alpha value is -3.32. The fraction of sp³-hybridized carbons (Fsp3) is 0.182. The van der Waals surface area contributed by atoms with Gasteiger partial charge in [0, 0.05) is 35.4 Å². The van der Waals surface area contributed by atoms with Crippen molar-refractivity contribution in [3.8, 4) is 0 Å². The molecule has 0 bridgehead atoms. The fourth-order valence-corrected chi connectivity index (χ4v) is 4.20. The van der Waals surface area contributed by atoms with E-state index < -0.39 is 29.7 Å². The number of primary amides is 1. The van der Waals surface area contributed by atoms with Gasteiger partial charge in [0.1, 0.15) is 11.9 Å². The summed E-state index contributed by atoms with van der Waals surface area (Å²) >= 11 is 6.10. The molecule has 0 radical (unpaired) electrons. The van der Waals surface area contributed by atoms with Gasteiger partial charge in [-0.25, -0.2) is 4.39 Å². The molecule has 1 aromatic carbocycles. The molecular formula is C22H18ClFN4O2. The van der Waals surface area contributed by atoms with E-state index in [0.717, 1.165) is 0 Å².